The zero-order valence-electron chi connectivity index (χ0n) is 7.99. The van der Waals surface area contributed by atoms with E-state index in [1.807, 2.05) is 0 Å². The Morgan fingerprint density at radius 2 is 1.71 bits per heavy atom. The first-order chi connectivity index (χ1) is 6.45. The van der Waals surface area contributed by atoms with Gasteiger partial charge in [-0.15, -0.1) is 18.8 Å². The smallest absolute Gasteiger partial charge is 0.133 e. The molecule has 0 rings (SSSR count). The largest absolute Gasteiger partial charge is 0.694 e. The average molecular weight is 244 g/mol. The second-order valence-electron chi connectivity index (χ2n) is 2.76. The molecule has 0 aliphatic heterocycles. The molecule has 0 aromatic heterocycles. The van der Waals surface area contributed by atoms with Crippen molar-refractivity contribution in [2.24, 2.45) is 0 Å². The van der Waals surface area contributed by atoms with E-state index in [1.165, 1.54) is 0 Å². The summed E-state index contributed by atoms with van der Waals surface area (Å²) in [5, 5.41) is 0. The SMILES string of the molecule is CCC(C[C@H](C)O[P+](=O)O)O[P+](=O)O. The molecule has 0 aromatic rings. The van der Waals surface area contributed by atoms with Crippen LogP contribution < -0.4 is 0 Å². The molecule has 0 saturated carbocycles. The summed E-state index contributed by atoms with van der Waals surface area (Å²) >= 11 is 0. The second-order valence-corrected chi connectivity index (χ2v) is 4.14. The van der Waals surface area contributed by atoms with Crippen molar-refractivity contribution in [3.8, 4) is 0 Å². The standard InChI is InChI=1S/C6H12O6P2/c1-3-6(12-14(9)10)4-5(2)11-13(7)8/h5-6H,3-4H2,1-2H3/p+2/t5-,6?/m0/s1. The molecular weight excluding hydrogens is 230 g/mol. The lowest BCUT2D eigenvalue weighted by atomic mass is 10.1. The molecule has 82 valence electrons. The van der Waals surface area contributed by atoms with Crippen LogP contribution in [0.4, 0.5) is 0 Å². The van der Waals surface area contributed by atoms with E-state index in [4.69, 9.17) is 9.79 Å². The summed E-state index contributed by atoms with van der Waals surface area (Å²) in [5.74, 6) is 0. The minimum Gasteiger partial charge on any atom is -0.133 e. The van der Waals surface area contributed by atoms with Crippen LogP contribution in [0.5, 0.6) is 0 Å². The van der Waals surface area contributed by atoms with Crippen molar-refractivity contribution < 1.29 is 28.0 Å². The van der Waals surface area contributed by atoms with Crippen LogP contribution in [0.25, 0.3) is 0 Å². The molecule has 6 nitrogen and oxygen atoms in total. The molecule has 0 heterocycles. The Balaban J connectivity index is 3.91. The highest BCUT2D eigenvalue weighted by Gasteiger charge is 2.27. The lowest BCUT2D eigenvalue weighted by molar-refractivity contribution is 0.111. The van der Waals surface area contributed by atoms with Crippen molar-refractivity contribution in [1.29, 1.82) is 0 Å². The third-order valence-corrected chi connectivity index (χ3v) is 2.58. The quantitative estimate of drug-likeness (QED) is 0.664. The predicted octanol–water partition coefficient (Wildman–Crippen LogP) is 1.88. The zero-order chi connectivity index (χ0) is 11.1. The van der Waals surface area contributed by atoms with E-state index in [9.17, 15) is 9.13 Å². The van der Waals surface area contributed by atoms with Crippen LogP contribution in [0.2, 0.25) is 0 Å². The van der Waals surface area contributed by atoms with E-state index in [0.717, 1.165) is 0 Å². The van der Waals surface area contributed by atoms with Gasteiger partial charge in [0.15, 0.2) is 0 Å². The van der Waals surface area contributed by atoms with E-state index >= 15 is 0 Å². The van der Waals surface area contributed by atoms with Gasteiger partial charge in [-0.3, -0.25) is 0 Å². The van der Waals surface area contributed by atoms with E-state index in [0.29, 0.717) is 12.8 Å². The molecule has 0 fully saturated rings. The van der Waals surface area contributed by atoms with E-state index in [-0.39, 0.29) is 0 Å². The van der Waals surface area contributed by atoms with Crippen LogP contribution in [0.1, 0.15) is 26.7 Å². The van der Waals surface area contributed by atoms with Gasteiger partial charge in [0.05, 0.1) is 0 Å². The van der Waals surface area contributed by atoms with Gasteiger partial charge in [-0.25, -0.2) is 0 Å². The van der Waals surface area contributed by atoms with Gasteiger partial charge in [-0.2, -0.15) is 0 Å². The maximum atomic E-state index is 10.4. The lowest BCUT2D eigenvalue weighted by Crippen LogP contribution is -2.16. The minimum atomic E-state index is -2.64. The Morgan fingerprint density at radius 1 is 1.21 bits per heavy atom. The first-order valence-corrected chi connectivity index (χ1v) is 6.37. The molecule has 0 spiro atoms. The molecule has 2 N–H and O–H groups in total. The summed E-state index contributed by atoms with van der Waals surface area (Å²) in [6.07, 6.45) is -0.0748. The Morgan fingerprint density at radius 3 is 2.07 bits per heavy atom. The molecule has 0 saturated heterocycles. The Hall–Kier alpha value is 0.0400. The van der Waals surface area contributed by atoms with Gasteiger partial charge < -0.3 is 0 Å². The number of hydrogen-bond acceptors (Lipinski definition) is 4. The fraction of sp³-hybridized carbons (Fsp3) is 1.00. The first kappa shape index (κ1) is 14.0. The van der Waals surface area contributed by atoms with Crippen molar-refractivity contribution in [2.75, 3.05) is 0 Å². The lowest BCUT2D eigenvalue weighted by Gasteiger charge is -2.08. The second kappa shape index (κ2) is 7.35. The fourth-order valence-corrected chi connectivity index (χ4v) is 1.86. The summed E-state index contributed by atoms with van der Waals surface area (Å²) in [4.78, 5) is 16.9. The highest BCUT2D eigenvalue weighted by atomic mass is 31.1. The molecule has 0 aromatic carbocycles. The van der Waals surface area contributed by atoms with Gasteiger partial charge in [0.2, 0.25) is 0 Å². The topological polar surface area (TPSA) is 93.1 Å². The zero-order valence-corrected chi connectivity index (χ0v) is 9.78. The molecule has 0 radical (unpaired) electrons. The Kier molecular flexibility index (Phi) is 7.37. The first-order valence-electron chi connectivity index (χ1n) is 4.11. The monoisotopic (exact) mass is 244 g/mol. The third-order valence-electron chi connectivity index (χ3n) is 1.56. The molecule has 0 aliphatic rings. The van der Waals surface area contributed by atoms with E-state index in [2.05, 4.69) is 9.05 Å². The fourth-order valence-electron chi connectivity index (χ4n) is 0.979. The molecule has 4 atom stereocenters. The Labute approximate surface area is 84.1 Å². The van der Waals surface area contributed by atoms with Crippen LogP contribution >= 0.6 is 16.5 Å². The minimum absolute atomic E-state index is 0.305. The maximum Gasteiger partial charge on any atom is 0.694 e. The van der Waals surface area contributed by atoms with Crippen LogP contribution in [0.3, 0.4) is 0 Å². The van der Waals surface area contributed by atoms with Crippen molar-refractivity contribution in [3.05, 3.63) is 0 Å². The number of rotatable bonds is 7. The van der Waals surface area contributed by atoms with Crippen LogP contribution in [0, 0.1) is 0 Å². The third kappa shape index (κ3) is 7.44. The summed E-state index contributed by atoms with van der Waals surface area (Å²) in [5.41, 5.74) is 0. The van der Waals surface area contributed by atoms with Crippen molar-refractivity contribution in [1.82, 2.24) is 0 Å². The van der Waals surface area contributed by atoms with E-state index < -0.39 is 28.7 Å². The van der Waals surface area contributed by atoms with Crippen LogP contribution in [-0.4, -0.2) is 22.0 Å². The molecule has 0 aliphatic carbocycles. The van der Waals surface area contributed by atoms with Crippen molar-refractivity contribution in [3.63, 3.8) is 0 Å². The summed E-state index contributed by atoms with van der Waals surface area (Å²) in [7, 11) is -5.27. The van der Waals surface area contributed by atoms with Gasteiger partial charge in [-0.1, -0.05) is 6.92 Å². The normalized spacial score (nSPS) is 17.4. The molecule has 14 heavy (non-hydrogen) atoms. The highest BCUT2D eigenvalue weighted by molar-refractivity contribution is 7.32. The summed E-state index contributed by atoms with van der Waals surface area (Å²) in [6.45, 7) is 3.38. The molecule has 3 unspecified atom stereocenters. The number of hydrogen-bond donors (Lipinski definition) is 2. The Bertz CT molecular complexity index is 208. The van der Waals surface area contributed by atoms with Gasteiger partial charge in [0.25, 0.3) is 0 Å². The summed E-state index contributed by atoms with van der Waals surface area (Å²) < 4.78 is 29.9. The van der Waals surface area contributed by atoms with Gasteiger partial charge in [-0.05, 0) is 13.3 Å². The van der Waals surface area contributed by atoms with Gasteiger partial charge in [0.1, 0.15) is 12.2 Å². The molecular formula is C6H14O6P2+2. The average Bonchev–Trinajstić information content (AvgIpc) is 2.00. The van der Waals surface area contributed by atoms with Gasteiger partial charge >= 0.3 is 16.5 Å². The van der Waals surface area contributed by atoms with Crippen LogP contribution in [-0.2, 0) is 18.2 Å². The predicted molar refractivity (Wildman–Crippen MR) is 50.0 cm³/mol. The maximum absolute atomic E-state index is 10.4. The van der Waals surface area contributed by atoms with E-state index in [1.54, 1.807) is 13.8 Å². The van der Waals surface area contributed by atoms with Crippen LogP contribution in [0.15, 0.2) is 0 Å². The van der Waals surface area contributed by atoms with Gasteiger partial charge in [0, 0.05) is 15.6 Å². The molecule has 8 heteroatoms. The highest BCUT2D eigenvalue weighted by Crippen LogP contribution is 2.26. The van der Waals surface area contributed by atoms with Crippen molar-refractivity contribution >= 4 is 16.5 Å². The summed E-state index contributed by atoms with van der Waals surface area (Å²) in [6, 6.07) is 0. The van der Waals surface area contributed by atoms with Crippen molar-refractivity contribution in [2.45, 2.75) is 38.9 Å². The molecule has 0 amide bonds. The molecule has 0 bridgehead atoms.